The number of carbonyl (C=O) groups is 1. The summed E-state index contributed by atoms with van der Waals surface area (Å²) in [4.78, 5) is 14.1. The minimum absolute atomic E-state index is 0.0295. The van der Waals surface area contributed by atoms with Crippen molar-refractivity contribution in [1.82, 2.24) is 0 Å². The van der Waals surface area contributed by atoms with Gasteiger partial charge >= 0.3 is 0 Å². The van der Waals surface area contributed by atoms with Gasteiger partial charge in [-0.25, -0.2) is 0 Å². The number of phenolic OH excluding ortho intramolecular Hbond substituents is 2. The molecule has 0 aliphatic heterocycles. The molecular formula is C36H44O6. The average Bonchev–Trinajstić information content (AvgIpc) is 2.96. The largest absolute Gasteiger partial charge is 0.508 e. The van der Waals surface area contributed by atoms with E-state index in [-0.39, 0.29) is 46.7 Å². The molecule has 3 N–H and O–H groups in total. The lowest BCUT2D eigenvalue weighted by atomic mass is 9.51. The number of aliphatic hydroxyl groups is 1. The summed E-state index contributed by atoms with van der Waals surface area (Å²) in [5.74, 6) is 1.09. The lowest BCUT2D eigenvalue weighted by molar-refractivity contribution is -0.123. The molecule has 0 radical (unpaired) electrons. The van der Waals surface area contributed by atoms with E-state index in [1.54, 1.807) is 24.3 Å². The van der Waals surface area contributed by atoms with Crippen LogP contribution in [0, 0.1) is 29.6 Å². The van der Waals surface area contributed by atoms with Crippen molar-refractivity contribution < 1.29 is 29.6 Å². The Hall–Kier alpha value is -3.93. The number of ketones is 1. The second-order valence-electron chi connectivity index (χ2n) is 12.0. The molecule has 6 atom stereocenters. The first-order valence-corrected chi connectivity index (χ1v) is 14.7. The highest BCUT2D eigenvalue weighted by atomic mass is 16.5. The maximum Gasteiger partial charge on any atom is 0.163 e. The lowest BCUT2D eigenvalue weighted by Gasteiger charge is -2.52. The molecular weight excluding hydrogens is 528 g/mol. The highest BCUT2D eigenvalue weighted by molar-refractivity contribution is 5.94. The minimum Gasteiger partial charge on any atom is -0.508 e. The minimum atomic E-state index is -0.359. The van der Waals surface area contributed by atoms with Gasteiger partial charge in [0.25, 0.3) is 0 Å². The zero-order chi connectivity index (χ0) is 30.6. The van der Waals surface area contributed by atoms with E-state index in [0.717, 1.165) is 24.8 Å². The van der Waals surface area contributed by atoms with E-state index in [1.807, 2.05) is 12.1 Å². The number of fused-ring (bicyclic) bond motifs is 2. The van der Waals surface area contributed by atoms with E-state index >= 15 is 0 Å². The Morgan fingerprint density at radius 2 is 1.71 bits per heavy atom. The second-order valence-corrected chi connectivity index (χ2v) is 12.0. The van der Waals surface area contributed by atoms with Crippen molar-refractivity contribution in [3.63, 3.8) is 0 Å². The van der Waals surface area contributed by atoms with Crippen LogP contribution in [0.3, 0.4) is 0 Å². The van der Waals surface area contributed by atoms with Gasteiger partial charge in [-0.05, 0) is 105 Å². The molecule has 0 unspecified atom stereocenters. The molecule has 0 heterocycles. The summed E-state index contributed by atoms with van der Waals surface area (Å²) >= 11 is 0. The van der Waals surface area contributed by atoms with Crippen LogP contribution in [-0.2, 0) is 4.79 Å². The second kappa shape index (κ2) is 13.4. The maximum absolute atomic E-state index is 14.1. The highest BCUT2D eigenvalue weighted by Gasteiger charge is 2.51. The molecule has 0 aromatic heterocycles. The van der Waals surface area contributed by atoms with Crippen molar-refractivity contribution in [2.75, 3.05) is 14.2 Å². The number of phenols is 2. The number of rotatable bonds is 11. The van der Waals surface area contributed by atoms with Gasteiger partial charge in [0.05, 0.1) is 14.2 Å². The number of hydrogen-bond acceptors (Lipinski definition) is 6. The Labute approximate surface area is 249 Å². The van der Waals surface area contributed by atoms with Gasteiger partial charge in [0.2, 0.25) is 0 Å². The first-order valence-electron chi connectivity index (χ1n) is 14.7. The predicted octanol–water partition coefficient (Wildman–Crippen LogP) is 8.13. The van der Waals surface area contributed by atoms with Crippen molar-refractivity contribution in [3.05, 3.63) is 88.7 Å². The Morgan fingerprint density at radius 3 is 2.38 bits per heavy atom. The molecule has 3 aliphatic rings. The number of carbonyl (C=O) groups excluding carboxylic acids is 1. The zero-order valence-electron chi connectivity index (χ0n) is 25.5. The molecule has 2 bridgehead atoms. The maximum atomic E-state index is 14.1. The van der Waals surface area contributed by atoms with Gasteiger partial charge in [-0.2, -0.15) is 0 Å². The van der Waals surface area contributed by atoms with Crippen LogP contribution in [0.5, 0.6) is 23.0 Å². The zero-order valence-corrected chi connectivity index (χ0v) is 25.5. The Morgan fingerprint density at radius 1 is 1.05 bits per heavy atom. The molecule has 42 heavy (non-hydrogen) atoms. The van der Waals surface area contributed by atoms with Crippen LogP contribution in [0.25, 0.3) is 6.08 Å². The number of benzene rings is 2. The van der Waals surface area contributed by atoms with Crippen LogP contribution in [0.4, 0.5) is 0 Å². The fourth-order valence-corrected chi connectivity index (χ4v) is 6.91. The van der Waals surface area contributed by atoms with Crippen LogP contribution in [0.15, 0.2) is 77.6 Å². The number of aliphatic hydroxyl groups excluding tert-OH is 1. The molecule has 0 spiro atoms. The van der Waals surface area contributed by atoms with E-state index in [4.69, 9.17) is 9.47 Å². The van der Waals surface area contributed by atoms with Gasteiger partial charge in [0.15, 0.2) is 28.8 Å². The predicted molar refractivity (Wildman–Crippen MR) is 167 cm³/mol. The molecule has 224 valence electrons. The summed E-state index contributed by atoms with van der Waals surface area (Å²) in [6.07, 6.45) is 12.2. The normalized spacial score (nSPS) is 24.3. The van der Waals surface area contributed by atoms with Crippen molar-refractivity contribution in [2.24, 2.45) is 29.6 Å². The third-order valence-corrected chi connectivity index (χ3v) is 9.06. The van der Waals surface area contributed by atoms with Gasteiger partial charge in [-0.15, -0.1) is 0 Å². The van der Waals surface area contributed by atoms with Gasteiger partial charge in [-0.1, -0.05) is 48.4 Å². The number of ether oxygens (including phenoxy) is 2. The molecule has 2 aromatic rings. The monoisotopic (exact) mass is 572 g/mol. The summed E-state index contributed by atoms with van der Waals surface area (Å²) in [5, 5.41) is 31.0. The highest BCUT2D eigenvalue weighted by Crippen LogP contribution is 2.58. The van der Waals surface area contributed by atoms with Crippen molar-refractivity contribution in [1.29, 1.82) is 0 Å². The fourth-order valence-electron chi connectivity index (χ4n) is 6.91. The van der Waals surface area contributed by atoms with Gasteiger partial charge in [0, 0.05) is 17.9 Å². The fraction of sp³-hybridized carbons (Fsp3) is 0.417. The summed E-state index contributed by atoms with van der Waals surface area (Å²) in [6, 6.07) is 10.3. The molecule has 0 saturated heterocycles. The van der Waals surface area contributed by atoms with Crippen LogP contribution in [0.1, 0.15) is 64.0 Å². The Balaban J connectivity index is 1.68. The van der Waals surface area contributed by atoms with Crippen LogP contribution in [-0.4, -0.2) is 35.3 Å². The molecule has 2 aromatic carbocycles. The van der Waals surface area contributed by atoms with Gasteiger partial charge in [-0.3, -0.25) is 4.79 Å². The first-order chi connectivity index (χ1) is 20.0. The van der Waals surface area contributed by atoms with Crippen LogP contribution >= 0.6 is 0 Å². The molecule has 1 fully saturated rings. The third-order valence-electron chi connectivity index (χ3n) is 9.06. The number of allylic oxidation sites excluding steroid dienone is 6. The summed E-state index contributed by atoms with van der Waals surface area (Å²) in [7, 11) is 3.00. The smallest absolute Gasteiger partial charge is 0.163 e. The summed E-state index contributed by atoms with van der Waals surface area (Å²) < 4.78 is 10.6. The molecule has 6 heteroatoms. The van der Waals surface area contributed by atoms with E-state index in [0.29, 0.717) is 28.9 Å². The molecule has 0 amide bonds. The van der Waals surface area contributed by atoms with Crippen molar-refractivity contribution in [3.8, 4) is 23.0 Å². The first kappa shape index (κ1) is 31.0. The molecule has 3 aliphatic carbocycles. The average molecular weight is 573 g/mol. The number of aromatic hydroxyl groups is 2. The molecule has 5 rings (SSSR count). The topological polar surface area (TPSA) is 96.2 Å². The molecule has 6 nitrogen and oxygen atoms in total. The van der Waals surface area contributed by atoms with E-state index in [9.17, 15) is 20.1 Å². The van der Waals surface area contributed by atoms with Crippen LogP contribution in [0.2, 0.25) is 0 Å². The lowest BCUT2D eigenvalue weighted by Crippen LogP contribution is -2.47. The van der Waals surface area contributed by atoms with Crippen molar-refractivity contribution in [2.45, 2.75) is 52.9 Å². The molecule has 1 saturated carbocycles. The van der Waals surface area contributed by atoms with Crippen molar-refractivity contribution >= 4 is 11.9 Å². The number of hydrogen-bond donors (Lipinski definition) is 3. The standard InChI is InChI=1S/C36H44O6/c1-21(2)8-7-9-22(3)27-20-28-23(4)16-29(27)36(35(28)25-12-15-31(39)34(18-25)42-6)32(40)19-26(37)13-10-24-11-14-30(38)33(17-24)41-5/h8,10-19,22,27-29,35-39H,7,9,20H2,1-6H3/b13-10+,26-19-/t22-,27+,28-,29-,35-,36+/m0/s1. The third kappa shape index (κ3) is 6.75. The van der Waals surface area contributed by atoms with Gasteiger partial charge < -0.3 is 24.8 Å². The quantitative estimate of drug-likeness (QED) is 0.109. The van der Waals surface area contributed by atoms with E-state index < -0.39 is 0 Å². The summed E-state index contributed by atoms with van der Waals surface area (Å²) in [6.45, 7) is 8.70. The summed E-state index contributed by atoms with van der Waals surface area (Å²) in [5.41, 5.74) is 4.28. The SMILES string of the molecule is COc1cc(/C=C/C(O)=C/C(=O)[C@H]2[C@H]3C=C(C)[C@H](C[C@@H]3[C@@H](C)CCC=C(C)C)[C@@H]2c2ccc(O)c(OC)c2)ccc1O. The van der Waals surface area contributed by atoms with E-state index in [1.165, 1.54) is 43.6 Å². The Bertz CT molecular complexity index is 1410. The number of methoxy groups -OCH3 is 2. The van der Waals surface area contributed by atoms with Gasteiger partial charge in [0.1, 0.15) is 5.76 Å². The Kier molecular flexibility index (Phi) is 9.87. The van der Waals surface area contributed by atoms with E-state index in [2.05, 4.69) is 39.8 Å². The van der Waals surface area contributed by atoms with Crippen LogP contribution < -0.4 is 9.47 Å².